The van der Waals surface area contributed by atoms with Crippen molar-refractivity contribution in [2.24, 2.45) is 0 Å². The molecule has 1 N–H and O–H groups in total. The highest BCUT2D eigenvalue weighted by Crippen LogP contribution is 2.47. The zero-order valence-corrected chi connectivity index (χ0v) is 42.7. The SMILES string of the molecule is CCCCCCCCCCCCCCCC(=O)OC[C@H](COP(=O)(O)O[C@@H]1O[C@H](COC(C)=O)[C@H](OC(C)=O)[C@H](OC(C)=O)[C@H]1OC(C)=O)OC(=O)CCCCCCCCCCCCCCC. The number of ether oxygens (including phenoxy) is 7. The zero-order valence-electron chi connectivity index (χ0n) is 41.8. The fourth-order valence-corrected chi connectivity index (χ4v) is 8.65. The smallest absolute Gasteiger partial charge is 0.463 e. The number of phosphoric ester groups is 1. The second-order valence-corrected chi connectivity index (χ2v) is 19.1. The number of hydrogen-bond donors (Lipinski definition) is 1. The maximum Gasteiger partial charge on any atom is 0.474 e. The average Bonchev–Trinajstić information content (AvgIpc) is 3.26. The Morgan fingerprint density at radius 2 is 0.881 bits per heavy atom. The first kappa shape index (κ1) is 61.9. The number of esters is 6. The summed E-state index contributed by atoms with van der Waals surface area (Å²) in [7, 11) is -5.26. The second kappa shape index (κ2) is 38.7. The van der Waals surface area contributed by atoms with Crippen molar-refractivity contribution < 1.29 is 80.4 Å². The lowest BCUT2D eigenvalue weighted by molar-refractivity contribution is -0.291. The Hall–Kier alpha value is -3.11. The molecule has 0 saturated carbocycles. The molecular formula is C49H87O17P. The first-order valence-corrected chi connectivity index (χ1v) is 26.9. The van der Waals surface area contributed by atoms with Gasteiger partial charge in [-0.15, -0.1) is 0 Å². The predicted octanol–water partition coefficient (Wildman–Crippen LogP) is 10.6. The third-order valence-electron chi connectivity index (χ3n) is 11.3. The predicted molar refractivity (Wildman–Crippen MR) is 250 cm³/mol. The lowest BCUT2D eigenvalue weighted by atomic mass is 9.98. The van der Waals surface area contributed by atoms with Gasteiger partial charge in [0.1, 0.15) is 19.3 Å². The van der Waals surface area contributed by atoms with Crippen molar-refractivity contribution in [2.45, 2.75) is 258 Å². The van der Waals surface area contributed by atoms with Gasteiger partial charge in [0.25, 0.3) is 0 Å². The van der Waals surface area contributed by atoms with Crippen LogP contribution >= 0.6 is 7.82 Å². The van der Waals surface area contributed by atoms with Crippen LogP contribution in [0.2, 0.25) is 0 Å². The van der Waals surface area contributed by atoms with Crippen LogP contribution in [-0.2, 0) is 75.5 Å². The lowest BCUT2D eigenvalue weighted by Crippen LogP contribution is -2.62. The minimum Gasteiger partial charge on any atom is -0.463 e. The van der Waals surface area contributed by atoms with Crippen LogP contribution in [0.4, 0.5) is 0 Å². The molecule has 17 nitrogen and oxygen atoms in total. The average molecular weight is 979 g/mol. The van der Waals surface area contributed by atoms with E-state index in [0.717, 1.165) is 79.1 Å². The van der Waals surface area contributed by atoms with Crippen molar-refractivity contribution in [1.82, 2.24) is 0 Å². The molecule has 0 aromatic carbocycles. The van der Waals surface area contributed by atoms with E-state index in [9.17, 15) is 38.2 Å². The van der Waals surface area contributed by atoms with Gasteiger partial charge in [-0.1, -0.05) is 168 Å². The molecule has 1 rings (SSSR count). The lowest BCUT2D eigenvalue weighted by Gasteiger charge is -2.44. The number of rotatable bonds is 41. The van der Waals surface area contributed by atoms with E-state index in [-0.39, 0.29) is 12.8 Å². The molecule has 67 heavy (non-hydrogen) atoms. The Labute approximate surface area is 401 Å². The van der Waals surface area contributed by atoms with E-state index in [4.69, 9.17) is 42.2 Å². The molecule has 1 aliphatic rings. The molecule has 1 saturated heterocycles. The van der Waals surface area contributed by atoms with E-state index < -0.39 is 100 Å². The van der Waals surface area contributed by atoms with Crippen molar-refractivity contribution >= 4 is 43.6 Å². The van der Waals surface area contributed by atoms with Gasteiger partial charge >= 0.3 is 43.6 Å². The number of hydrogen-bond acceptors (Lipinski definition) is 16. The van der Waals surface area contributed by atoms with Gasteiger partial charge in [0.05, 0.1) is 6.61 Å². The fraction of sp³-hybridized carbons (Fsp3) is 0.878. The van der Waals surface area contributed by atoms with Crippen LogP contribution in [0.3, 0.4) is 0 Å². The summed E-state index contributed by atoms with van der Waals surface area (Å²) in [4.78, 5) is 84.9. The van der Waals surface area contributed by atoms with Crippen LogP contribution in [0.1, 0.15) is 221 Å². The van der Waals surface area contributed by atoms with Crippen LogP contribution in [-0.4, -0.2) is 97.3 Å². The minimum atomic E-state index is -5.26. The van der Waals surface area contributed by atoms with Gasteiger partial charge in [-0.25, -0.2) is 4.57 Å². The van der Waals surface area contributed by atoms with Crippen molar-refractivity contribution in [1.29, 1.82) is 0 Å². The van der Waals surface area contributed by atoms with Crippen molar-refractivity contribution in [3.05, 3.63) is 0 Å². The Kier molecular flexibility index (Phi) is 35.8. The number of unbranched alkanes of at least 4 members (excludes halogenated alkanes) is 24. The molecule has 0 aromatic rings. The highest BCUT2D eigenvalue weighted by atomic mass is 31.2. The van der Waals surface area contributed by atoms with Crippen molar-refractivity contribution in [3.8, 4) is 0 Å². The largest absolute Gasteiger partial charge is 0.474 e. The van der Waals surface area contributed by atoms with Gasteiger partial charge in [-0.2, -0.15) is 0 Å². The maximum atomic E-state index is 13.5. The summed E-state index contributed by atoms with van der Waals surface area (Å²) in [6.07, 6.45) is 20.1. The first-order valence-electron chi connectivity index (χ1n) is 25.4. The van der Waals surface area contributed by atoms with E-state index in [0.29, 0.717) is 12.8 Å². The van der Waals surface area contributed by atoms with E-state index in [1.54, 1.807) is 0 Å². The van der Waals surface area contributed by atoms with Crippen LogP contribution in [0, 0.1) is 0 Å². The second-order valence-electron chi connectivity index (χ2n) is 17.7. The Bertz CT molecular complexity index is 1430. The van der Waals surface area contributed by atoms with Crippen LogP contribution < -0.4 is 0 Å². The summed E-state index contributed by atoms with van der Waals surface area (Å²) in [6.45, 7) is 6.77. The summed E-state index contributed by atoms with van der Waals surface area (Å²) >= 11 is 0. The van der Waals surface area contributed by atoms with Gasteiger partial charge in [-0.05, 0) is 12.8 Å². The monoisotopic (exact) mass is 979 g/mol. The van der Waals surface area contributed by atoms with Crippen LogP contribution in [0.25, 0.3) is 0 Å². The molecule has 18 heteroatoms. The summed E-state index contributed by atoms with van der Waals surface area (Å²) in [5, 5.41) is 0. The standard InChI is InChI=1S/C49H87O17P/c1-7-9-11-13-15-17-19-21-23-25-27-29-31-33-44(54)59-35-42(64-45(55)34-32-30-28-26-24-22-20-18-16-14-12-10-8-2)36-60-67(56,57)66-49-48(63-41(6)53)47(62-40(5)52)46(61-39(4)51)43(65-49)37-58-38(3)50/h42-43,46-49H,7-37H2,1-6H3,(H,56,57)/t42-,43-,46+,47+,48-,49+/m1/s1. The van der Waals surface area contributed by atoms with Gasteiger partial charge < -0.3 is 38.1 Å². The van der Waals surface area contributed by atoms with Gasteiger partial charge in [-0.3, -0.25) is 37.8 Å². The number of phosphoric acid groups is 1. The van der Waals surface area contributed by atoms with E-state index in [1.807, 2.05) is 0 Å². The molecule has 7 atom stereocenters. The van der Waals surface area contributed by atoms with E-state index in [1.165, 1.54) is 103 Å². The molecule has 1 heterocycles. The molecule has 0 radical (unpaired) electrons. The van der Waals surface area contributed by atoms with Crippen molar-refractivity contribution in [2.75, 3.05) is 19.8 Å². The van der Waals surface area contributed by atoms with Crippen LogP contribution in [0.5, 0.6) is 0 Å². The Balaban J connectivity index is 2.90. The first-order chi connectivity index (χ1) is 32.1. The summed E-state index contributed by atoms with van der Waals surface area (Å²) in [5.41, 5.74) is 0. The van der Waals surface area contributed by atoms with Gasteiger partial charge in [0.2, 0.25) is 6.29 Å². The van der Waals surface area contributed by atoms with E-state index in [2.05, 4.69) is 13.8 Å². The summed E-state index contributed by atoms with van der Waals surface area (Å²) in [6, 6.07) is 0. The number of carbonyl (C=O) groups excluding carboxylic acids is 6. The molecule has 1 aliphatic heterocycles. The molecule has 0 amide bonds. The van der Waals surface area contributed by atoms with Gasteiger partial charge in [0.15, 0.2) is 24.4 Å². The van der Waals surface area contributed by atoms with Gasteiger partial charge in [0, 0.05) is 40.5 Å². The number of carbonyl (C=O) groups is 6. The normalized spacial score (nSPS) is 19.4. The molecule has 390 valence electrons. The maximum absolute atomic E-state index is 13.5. The highest BCUT2D eigenvalue weighted by molar-refractivity contribution is 7.47. The molecule has 0 aliphatic carbocycles. The third-order valence-corrected chi connectivity index (χ3v) is 12.3. The Morgan fingerprint density at radius 3 is 1.30 bits per heavy atom. The molecule has 0 aromatic heterocycles. The fourth-order valence-electron chi connectivity index (χ4n) is 7.81. The topological polar surface area (TPSA) is 223 Å². The third kappa shape index (κ3) is 33.1. The summed E-state index contributed by atoms with van der Waals surface area (Å²) < 4.78 is 61.9. The summed E-state index contributed by atoms with van der Waals surface area (Å²) in [5.74, 6) is -4.63. The minimum absolute atomic E-state index is 0.0686. The molecule has 0 spiro atoms. The molecule has 1 fully saturated rings. The molecule has 0 bridgehead atoms. The Morgan fingerprint density at radius 1 is 0.493 bits per heavy atom. The van der Waals surface area contributed by atoms with E-state index >= 15 is 0 Å². The quantitative estimate of drug-likeness (QED) is 0.0260. The zero-order chi connectivity index (χ0) is 49.7. The molecular weight excluding hydrogens is 891 g/mol. The molecule has 1 unspecified atom stereocenters. The van der Waals surface area contributed by atoms with Crippen molar-refractivity contribution in [3.63, 3.8) is 0 Å². The van der Waals surface area contributed by atoms with Crippen LogP contribution in [0.15, 0.2) is 0 Å². The highest BCUT2D eigenvalue weighted by Gasteiger charge is 2.54.